The topological polar surface area (TPSA) is 57.4 Å². The molecule has 2 saturated heterocycles. The predicted octanol–water partition coefficient (Wildman–Crippen LogP) is 3.52. The van der Waals surface area contributed by atoms with Gasteiger partial charge in [-0.2, -0.15) is 0 Å². The quantitative estimate of drug-likeness (QED) is 0.786. The zero-order valence-electron chi connectivity index (χ0n) is 16.8. The molecule has 0 amide bonds. The van der Waals surface area contributed by atoms with Crippen molar-refractivity contribution in [2.24, 2.45) is 5.92 Å². The van der Waals surface area contributed by atoms with E-state index < -0.39 is 0 Å². The Morgan fingerprint density at radius 2 is 2.25 bits per heavy atom. The predicted molar refractivity (Wildman–Crippen MR) is 109 cm³/mol. The average molecular weight is 380 g/mol. The Kier molecular flexibility index (Phi) is 4.43. The second-order valence-corrected chi connectivity index (χ2v) is 8.59. The minimum atomic E-state index is -0.249. The third kappa shape index (κ3) is 2.93. The fraction of sp³-hybridized carbons (Fsp3) is 0.522. The van der Waals surface area contributed by atoms with Crippen molar-refractivity contribution < 1.29 is 9.53 Å². The van der Waals surface area contributed by atoms with Gasteiger partial charge in [-0.1, -0.05) is 11.6 Å². The molecule has 1 aliphatic carbocycles. The summed E-state index contributed by atoms with van der Waals surface area (Å²) in [6.45, 7) is 5.56. The van der Waals surface area contributed by atoms with Gasteiger partial charge in [0.2, 0.25) is 0 Å². The average Bonchev–Trinajstić information content (AvgIpc) is 3.39. The molecule has 2 unspecified atom stereocenters. The maximum Gasteiger partial charge on any atom is 0.340 e. The fourth-order valence-corrected chi connectivity index (χ4v) is 5.47. The highest BCUT2D eigenvalue weighted by molar-refractivity contribution is 6.01. The lowest BCUT2D eigenvalue weighted by atomic mass is 9.87. The number of nitrogens with one attached hydrogen (secondary N) is 2. The zero-order valence-corrected chi connectivity index (χ0v) is 16.8. The number of esters is 1. The summed E-state index contributed by atoms with van der Waals surface area (Å²) in [5.74, 6) is 0.585. The molecule has 5 nitrogen and oxygen atoms in total. The SMILES string of the molecule is CCOC(=O)C1=C(NC2=CCC3C[C@@H]4CC2N3C4)c2cc[nH]c2CCC(C)=C1. The van der Waals surface area contributed by atoms with Gasteiger partial charge in [0.25, 0.3) is 0 Å². The van der Waals surface area contributed by atoms with Gasteiger partial charge in [-0.3, -0.25) is 4.90 Å². The van der Waals surface area contributed by atoms with Crippen LogP contribution in [0.3, 0.4) is 0 Å². The molecule has 148 valence electrons. The molecule has 0 aromatic carbocycles. The molecule has 5 rings (SSSR count). The Morgan fingerprint density at radius 3 is 3.07 bits per heavy atom. The normalized spacial score (nSPS) is 29.0. The highest BCUT2D eigenvalue weighted by Gasteiger charge is 2.47. The van der Waals surface area contributed by atoms with Gasteiger partial charge in [0.15, 0.2) is 0 Å². The molecule has 3 aliphatic heterocycles. The minimum absolute atomic E-state index is 0.249. The van der Waals surface area contributed by atoms with Crippen LogP contribution in [0.5, 0.6) is 0 Å². The first-order valence-electron chi connectivity index (χ1n) is 10.6. The molecule has 28 heavy (non-hydrogen) atoms. The number of piperidine rings is 1. The maximum atomic E-state index is 12.9. The first-order valence-corrected chi connectivity index (χ1v) is 10.6. The molecule has 2 fully saturated rings. The van der Waals surface area contributed by atoms with Gasteiger partial charge in [-0.25, -0.2) is 4.79 Å². The monoisotopic (exact) mass is 379 g/mol. The van der Waals surface area contributed by atoms with Crippen LogP contribution in [-0.4, -0.2) is 41.1 Å². The number of nitrogens with zero attached hydrogens (tertiary/aromatic N) is 1. The van der Waals surface area contributed by atoms with E-state index in [1.165, 1.54) is 36.4 Å². The van der Waals surface area contributed by atoms with E-state index in [1.807, 2.05) is 19.2 Å². The molecule has 1 aromatic rings. The van der Waals surface area contributed by atoms with E-state index in [0.29, 0.717) is 18.2 Å². The molecule has 0 saturated carbocycles. The van der Waals surface area contributed by atoms with E-state index in [4.69, 9.17) is 4.74 Å². The molecule has 5 heteroatoms. The number of H-pyrrole nitrogens is 1. The molecule has 0 radical (unpaired) electrons. The Labute approximate surface area is 166 Å². The maximum absolute atomic E-state index is 12.9. The lowest BCUT2D eigenvalue weighted by Crippen LogP contribution is -2.45. The van der Waals surface area contributed by atoms with Crippen molar-refractivity contribution in [3.05, 3.63) is 52.5 Å². The van der Waals surface area contributed by atoms with Crippen molar-refractivity contribution >= 4 is 11.7 Å². The van der Waals surface area contributed by atoms with Crippen molar-refractivity contribution in [3.63, 3.8) is 0 Å². The summed E-state index contributed by atoms with van der Waals surface area (Å²) in [7, 11) is 0. The summed E-state index contributed by atoms with van der Waals surface area (Å²) in [4.78, 5) is 18.9. The molecule has 4 heterocycles. The van der Waals surface area contributed by atoms with Gasteiger partial charge in [0.05, 0.1) is 23.9 Å². The first-order chi connectivity index (χ1) is 13.6. The van der Waals surface area contributed by atoms with Crippen molar-refractivity contribution in [2.45, 2.75) is 58.0 Å². The lowest BCUT2D eigenvalue weighted by Gasteiger charge is -2.38. The smallest absolute Gasteiger partial charge is 0.340 e. The summed E-state index contributed by atoms with van der Waals surface area (Å²) in [6, 6.07) is 3.26. The molecule has 4 aliphatic rings. The number of hydrogen-bond donors (Lipinski definition) is 2. The number of carbonyl (C=O) groups is 1. The summed E-state index contributed by atoms with van der Waals surface area (Å²) >= 11 is 0. The minimum Gasteiger partial charge on any atom is -0.462 e. The number of allylic oxidation sites excluding steroid dienone is 1. The number of hydrogen-bond acceptors (Lipinski definition) is 4. The van der Waals surface area contributed by atoms with Crippen LogP contribution >= 0.6 is 0 Å². The van der Waals surface area contributed by atoms with E-state index in [-0.39, 0.29) is 5.97 Å². The van der Waals surface area contributed by atoms with Gasteiger partial charge < -0.3 is 15.0 Å². The number of aromatic amines is 1. The summed E-state index contributed by atoms with van der Waals surface area (Å²) in [6.07, 6.45) is 11.9. The Morgan fingerprint density at radius 1 is 1.36 bits per heavy atom. The van der Waals surface area contributed by atoms with Gasteiger partial charge in [0, 0.05) is 35.7 Å². The van der Waals surface area contributed by atoms with Gasteiger partial charge >= 0.3 is 5.97 Å². The molecule has 3 atom stereocenters. The highest BCUT2D eigenvalue weighted by Crippen LogP contribution is 2.44. The second kappa shape index (κ2) is 6.96. The second-order valence-electron chi connectivity index (χ2n) is 8.59. The van der Waals surface area contributed by atoms with E-state index in [0.717, 1.165) is 42.5 Å². The Balaban J connectivity index is 1.58. The van der Waals surface area contributed by atoms with Gasteiger partial charge in [-0.05, 0) is 64.0 Å². The zero-order chi connectivity index (χ0) is 19.3. The molecule has 2 N–H and O–H groups in total. The van der Waals surface area contributed by atoms with Crippen molar-refractivity contribution in [2.75, 3.05) is 13.2 Å². The van der Waals surface area contributed by atoms with Crippen molar-refractivity contribution in [3.8, 4) is 0 Å². The molecule has 0 spiro atoms. The van der Waals surface area contributed by atoms with E-state index in [2.05, 4.69) is 34.3 Å². The van der Waals surface area contributed by atoms with E-state index in [1.54, 1.807) is 0 Å². The van der Waals surface area contributed by atoms with Crippen molar-refractivity contribution in [1.29, 1.82) is 0 Å². The number of ether oxygens (including phenoxy) is 1. The van der Waals surface area contributed by atoms with Crippen LogP contribution in [0.25, 0.3) is 5.70 Å². The summed E-state index contributed by atoms with van der Waals surface area (Å²) < 4.78 is 5.43. The number of fused-ring (bicyclic) bond motifs is 2. The largest absolute Gasteiger partial charge is 0.462 e. The third-order valence-corrected chi connectivity index (χ3v) is 6.77. The van der Waals surface area contributed by atoms with Gasteiger partial charge in [0.1, 0.15) is 0 Å². The third-order valence-electron chi connectivity index (χ3n) is 6.77. The van der Waals surface area contributed by atoms with E-state index >= 15 is 0 Å². The van der Waals surface area contributed by atoms with Gasteiger partial charge in [-0.15, -0.1) is 0 Å². The van der Waals surface area contributed by atoms with Crippen LogP contribution in [0.2, 0.25) is 0 Å². The van der Waals surface area contributed by atoms with Crippen LogP contribution in [0.15, 0.2) is 41.3 Å². The van der Waals surface area contributed by atoms with Crippen LogP contribution in [0.4, 0.5) is 0 Å². The Hall–Kier alpha value is -2.27. The fourth-order valence-electron chi connectivity index (χ4n) is 5.47. The van der Waals surface area contributed by atoms with Crippen LogP contribution < -0.4 is 5.32 Å². The highest BCUT2D eigenvalue weighted by atomic mass is 16.5. The lowest BCUT2D eigenvalue weighted by molar-refractivity contribution is -0.138. The van der Waals surface area contributed by atoms with Crippen LogP contribution in [0, 0.1) is 5.92 Å². The number of aryl methyl sites for hydroxylation is 1. The number of carbonyl (C=O) groups excluding carboxylic acids is 1. The van der Waals surface area contributed by atoms with E-state index in [9.17, 15) is 4.79 Å². The number of aromatic nitrogens is 1. The van der Waals surface area contributed by atoms with Crippen LogP contribution in [0.1, 0.15) is 50.8 Å². The molecular weight excluding hydrogens is 350 g/mol. The standard InChI is InChI=1S/C23H29N3O2/c1-3-28-23(27)18-10-14(2)4-6-19-17(8-9-24-19)22(18)25-20-7-5-16-11-15-12-21(20)26(16)13-15/h7-10,15-16,21,24-25H,3-6,11-13H2,1-2H3/t15-,16?,21?/m1/s1. The molecular formula is C23H29N3O2. The summed E-state index contributed by atoms with van der Waals surface area (Å²) in [5.41, 5.74) is 6.26. The van der Waals surface area contributed by atoms with Crippen molar-refractivity contribution in [1.82, 2.24) is 15.2 Å². The van der Waals surface area contributed by atoms with Crippen LogP contribution in [-0.2, 0) is 16.0 Å². The molecule has 1 aromatic heterocycles. The molecule has 2 bridgehead atoms. The summed E-state index contributed by atoms with van der Waals surface area (Å²) in [5, 5.41) is 3.72. The Bertz CT molecular complexity index is 891. The first kappa shape index (κ1) is 17.8. The number of rotatable bonds is 4.